The Hall–Kier alpha value is -2.97. The van der Waals surface area contributed by atoms with E-state index in [2.05, 4.69) is 14.9 Å². The second kappa shape index (κ2) is 9.69. The summed E-state index contributed by atoms with van der Waals surface area (Å²) < 4.78 is 27.2. The number of aryl methyl sites for hydroxylation is 1. The van der Waals surface area contributed by atoms with Gasteiger partial charge < -0.3 is 4.90 Å². The third-order valence-corrected chi connectivity index (χ3v) is 6.33. The Balaban J connectivity index is 1.49. The molecule has 1 heterocycles. The Labute approximate surface area is 177 Å². The van der Waals surface area contributed by atoms with Crippen molar-refractivity contribution >= 4 is 15.9 Å². The van der Waals surface area contributed by atoms with E-state index < -0.39 is 16.1 Å². The van der Waals surface area contributed by atoms with Gasteiger partial charge in [0.15, 0.2) is 0 Å². The zero-order valence-corrected chi connectivity index (χ0v) is 17.9. The first-order valence-corrected chi connectivity index (χ1v) is 11.3. The molecule has 1 amide bonds. The lowest BCUT2D eigenvalue weighted by atomic mass is 10.1. The highest BCUT2D eigenvalue weighted by Gasteiger charge is 2.24. The average Bonchev–Trinajstić information content (AvgIpc) is 3.23. The van der Waals surface area contributed by atoms with Gasteiger partial charge in [0.1, 0.15) is 0 Å². The van der Waals surface area contributed by atoms with Gasteiger partial charge in [-0.3, -0.25) is 9.89 Å². The normalized spacial score (nSPS) is 12.5. The number of nitrogens with zero attached hydrogens (tertiary/aromatic N) is 2. The lowest BCUT2D eigenvalue weighted by Gasteiger charge is -2.22. The number of amides is 1. The van der Waals surface area contributed by atoms with E-state index in [1.54, 1.807) is 37.1 Å². The summed E-state index contributed by atoms with van der Waals surface area (Å²) in [5, 5.41) is 7.37. The largest absolute Gasteiger partial charge is 0.344 e. The van der Waals surface area contributed by atoms with Gasteiger partial charge in [0, 0.05) is 24.8 Å². The topological polar surface area (TPSA) is 95.2 Å². The summed E-state index contributed by atoms with van der Waals surface area (Å²) in [6.07, 6.45) is 1.47. The Bertz CT molecular complexity index is 1070. The zero-order valence-electron chi connectivity index (χ0n) is 17.1. The molecule has 158 valence electrons. The summed E-state index contributed by atoms with van der Waals surface area (Å²) in [5.41, 5.74) is 2.93. The maximum Gasteiger partial charge on any atom is 0.241 e. The van der Waals surface area contributed by atoms with Crippen molar-refractivity contribution in [2.24, 2.45) is 0 Å². The van der Waals surface area contributed by atoms with E-state index in [4.69, 9.17) is 0 Å². The average molecular weight is 427 g/mol. The van der Waals surface area contributed by atoms with E-state index in [0.29, 0.717) is 6.54 Å². The highest BCUT2D eigenvalue weighted by molar-refractivity contribution is 7.89. The fourth-order valence-electron chi connectivity index (χ4n) is 3.14. The number of carbonyl (C=O) groups is 1. The van der Waals surface area contributed by atoms with Gasteiger partial charge in [0.2, 0.25) is 15.9 Å². The molecule has 0 bridgehead atoms. The van der Waals surface area contributed by atoms with Gasteiger partial charge in [-0.2, -0.15) is 9.82 Å². The molecule has 0 radical (unpaired) electrons. The molecule has 0 aliphatic carbocycles. The van der Waals surface area contributed by atoms with Gasteiger partial charge in [0.05, 0.1) is 16.6 Å². The van der Waals surface area contributed by atoms with E-state index in [0.717, 1.165) is 29.8 Å². The number of carbonyl (C=O) groups excluding carboxylic acids is 1. The van der Waals surface area contributed by atoms with Crippen LogP contribution in [-0.2, 0) is 21.2 Å². The van der Waals surface area contributed by atoms with E-state index in [9.17, 15) is 13.2 Å². The molecular formula is C22H26N4O3S. The molecule has 0 saturated heterocycles. The first-order chi connectivity index (χ1) is 14.4. The highest BCUT2D eigenvalue weighted by atomic mass is 32.2. The van der Waals surface area contributed by atoms with Crippen molar-refractivity contribution in [1.82, 2.24) is 19.8 Å². The van der Waals surface area contributed by atoms with Crippen molar-refractivity contribution in [1.29, 1.82) is 0 Å². The second-order valence-electron chi connectivity index (χ2n) is 7.16. The van der Waals surface area contributed by atoms with E-state index in [1.165, 1.54) is 12.1 Å². The molecule has 3 aromatic rings. The van der Waals surface area contributed by atoms with Crippen LogP contribution in [-0.4, -0.2) is 49.1 Å². The van der Waals surface area contributed by atoms with Crippen LogP contribution in [0, 0.1) is 0 Å². The molecule has 0 aliphatic heterocycles. The number of aromatic amines is 1. The highest BCUT2D eigenvalue weighted by Crippen LogP contribution is 2.17. The molecule has 0 spiro atoms. The second-order valence-corrected chi connectivity index (χ2v) is 8.88. The standard InChI is InChI=1S/C22H26N4O3S/c1-17(25-30(28,29)20-13-7-4-8-14-20)22(27)26(2)15-9-12-19-16-21(24-23-19)18-10-5-3-6-11-18/h3-8,10-11,13-14,16-17,25H,9,12,15H2,1-2H3,(H,23,24)/t17-/m0/s1. The predicted molar refractivity (Wildman–Crippen MR) is 116 cm³/mol. The lowest BCUT2D eigenvalue weighted by molar-refractivity contribution is -0.131. The van der Waals surface area contributed by atoms with Gasteiger partial charge in [-0.1, -0.05) is 48.5 Å². The van der Waals surface area contributed by atoms with Gasteiger partial charge in [-0.05, 0) is 38.0 Å². The minimum atomic E-state index is -3.74. The SMILES string of the molecule is C[C@H](NS(=O)(=O)c1ccccc1)C(=O)N(C)CCCc1cc(-c2ccccc2)n[nH]1. The molecule has 0 unspecified atom stereocenters. The first kappa shape index (κ1) is 21.7. The Morgan fingerprint density at radius 3 is 2.40 bits per heavy atom. The monoisotopic (exact) mass is 426 g/mol. The molecule has 30 heavy (non-hydrogen) atoms. The van der Waals surface area contributed by atoms with Gasteiger partial charge >= 0.3 is 0 Å². The van der Waals surface area contributed by atoms with Crippen LogP contribution in [0.4, 0.5) is 0 Å². The summed E-state index contributed by atoms with van der Waals surface area (Å²) in [5.74, 6) is -0.274. The quantitative estimate of drug-likeness (QED) is 0.550. The number of H-pyrrole nitrogens is 1. The van der Waals surface area contributed by atoms with E-state index in [-0.39, 0.29) is 10.8 Å². The van der Waals surface area contributed by atoms with Crippen molar-refractivity contribution in [2.45, 2.75) is 30.7 Å². The number of hydrogen-bond donors (Lipinski definition) is 2. The van der Waals surface area contributed by atoms with Crippen LogP contribution in [0.25, 0.3) is 11.3 Å². The van der Waals surface area contributed by atoms with Crippen LogP contribution in [0.5, 0.6) is 0 Å². The molecule has 0 saturated carbocycles. The molecule has 0 fully saturated rings. The zero-order chi connectivity index (χ0) is 21.6. The molecular weight excluding hydrogens is 400 g/mol. The van der Waals surface area contributed by atoms with Gasteiger partial charge in [-0.15, -0.1) is 0 Å². The fraction of sp³-hybridized carbons (Fsp3) is 0.273. The third kappa shape index (κ3) is 5.55. The minimum Gasteiger partial charge on any atom is -0.344 e. The summed E-state index contributed by atoms with van der Waals surface area (Å²) in [6, 6.07) is 19.1. The fourth-order valence-corrected chi connectivity index (χ4v) is 4.36. The number of nitrogens with one attached hydrogen (secondary N) is 2. The van der Waals surface area contributed by atoms with Crippen LogP contribution >= 0.6 is 0 Å². The van der Waals surface area contributed by atoms with Crippen molar-refractivity contribution in [3.8, 4) is 11.3 Å². The number of likely N-dealkylation sites (N-methyl/N-ethyl adjacent to an activating group) is 1. The lowest BCUT2D eigenvalue weighted by Crippen LogP contribution is -2.45. The maximum absolute atomic E-state index is 12.6. The van der Waals surface area contributed by atoms with E-state index in [1.807, 2.05) is 36.4 Å². The molecule has 2 N–H and O–H groups in total. The van der Waals surface area contributed by atoms with Crippen LogP contribution in [0.3, 0.4) is 0 Å². The van der Waals surface area contributed by atoms with Crippen LogP contribution in [0.2, 0.25) is 0 Å². The summed E-state index contributed by atoms with van der Waals surface area (Å²) >= 11 is 0. The van der Waals surface area contributed by atoms with Crippen LogP contribution < -0.4 is 4.72 Å². The summed E-state index contributed by atoms with van der Waals surface area (Å²) in [4.78, 5) is 14.3. The maximum atomic E-state index is 12.6. The molecule has 8 heteroatoms. The van der Waals surface area contributed by atoms with Crippen LogP contribution in [0.1, 0.15) is 19.0 Å². The first-order valence-electron chi connectivity index (χ1n) is 9.79. The molecule has 0 aliphatic rings. The number of hydrogen-bond acceptors (Lipinski definition) is 4. The number of sulfonamides is 1. The minimum absolute atomic E-state index is 0.140. The number of benzene rings is 2. The van der Waals surface area contributed by atoms with Crippen molar-refractivity contribution in [3.05, 3.63) is 72.4 Å². The summed E-state index contributed by atoms with van der Waals surface area (Å²) in [7, 11) is -2.06. The molecule has 1 aromatic heterocycles. The van der Waals surface area contributed by atoms with Gasteiger partial charge in [-0.25, -0.2) is 8.42 Å². The number of aromatic nitrogens is 2. The molecule has 7 nitrogen and oxygen atoms in total. The Morgan fingerprint density at radius 1 is 1.10 bits per heavy atom. The Morgan fingerprint density at radius 2 is 1.73 bits per heavy atom. The predicted octanol–water partition coefficient (Wildman–Crippen LogP) is 2.83. The van der Waals surface area contributed by atoms with E-state index >= 15 is 0 Å². The summed E-state index contributed by atoms with van der Waals surface area (Å²) in [6.45, 7) is 2.07. The molecule has 2 aromatic carbocycles. The Kier molecular flexibility index (Phi) is 7.02. The van der Waals surface area contributed by atoms with Crippen LogP contribution in [0.15, 0.2) is 71.6 Å². The third-order valence-electron chi connectivity index (χ3n) is 4.77. The molecule has 3 rings (SSSR count). The smallest absolute Gasteiger partial charge is 0.241 e. The molecule has 1 atom stereocenters. The van der Waals surface area contributed by atoms with Gasteiger partial charge in [0.25, 0.3) is 0 Å². The van der Waals surface area contributed by atoms with Crippen molar-refractivity contribution in [2.75, 3.05) is 13.6 Å². The van der Waals surface area contributed by atoms with Crippen molar-refractivity contribution < 1.29 is 13.2 Å². The number of rotatable bonds is 9. The van der Waals surface area contributed by atoms with Crippen molar-refractivity contribution in [3.63, 3.8) is 0 Å².